The van der Waals surface area contributed by atoms with E-state index in [1.807, 2.05) is 6.92 Å². The fraction of sp³-hybridized carbons (Fsp3) is 0.652. The van der Waals surface area contributed by atoms with E-state index in [1.165, 1.54) is 13.8 Å². The number of carbonyl (C=O) groups excluding carboxylic acids is 2. The van der Waals surface area contributed by atoms with Crippen molar-refractivity contribution in [3.05, 3.63) is 38.9 Å². The Morgan fingerprint density at radius 2 is 1.84 bits per heavy atom. The van der Waals surface area contributed by atoms with Crippen molar-refractivity contribution in [2.45, 2.75) is 77.6 Å². The van der Waals surface area contributed by atoms with Crippen LogP contribution in [0.2, 0.25) is 0 Å². The van der Waals surface area contributed by atoms with Crippen LogP contribution in [0, 0.1) is 34.3 Å². The lowest BCUT2D eigenvalue weighted by molar-refractivity contribution is -0.775. The number of hydrogen-bond donors (Lipinski definition) is 1. The van der Waals surface area contributed by atoms with Gasteiger partial charge < -0.3 is 19.4 Å². The minimum Gasteiger partial charge on any atom is -0.462 e. The highest BCUT2D eigenvalue weighted by Gasteiger charge is 2.66. The van der Waals surface area contributed by atoms with Crippen LogP contribution >= 0.6 is 0 Å². The summed E-state index contributed by atoms with van der Waals surface area (Å²) in [6.45, 7) is 6.47. The van der Waals surface area contributed by atoms with Crippen LogP contribution in [0.4, 0.5) is 0 Å². The van der Waals surface area contributed by atoms with Gasteiger partial charge in [0.15, 0.2) is 0 Å². The van der Waals surface area contributed by atoms with Crippen molar-refractivity contribution in [1.82, 2.24) is 0 Å². The lowest BCUT2D eigenvalue weighted by Crippen LogP contribution is -2.62. The molecule has 6 atom stereocenters. The number of rotatable bonds is 4. The van der Waals surface area contributed by atoms with Crippen molar-refractivity contribution in [3.63, 3.8) is 0 Å². The largest absolute Gasteiger partial charge is 0.462 e. The molecule has 0 bridgehead atoms. The van der Waals surface area contributed by atoms with E-state index in [9.17, 15) is 24.8 Å². The Morgan fingerprint density at radius 1 is 1.12 bits per heavy atom. The SMILES string of the molecule is CC(=O)Oc1cc(C)c2c(c1)CC[C@H]1[C@@H]3CCC(OC(C)=O)[C@@]3(C)CC(O[N+](=O)[O-])[C@]21O. The first-order valence-electron chi connectivity index (χ1n) is 11.0. The lowest BCUT2D eigenvalue weighted by Gasteiger charge is -2.57. The molecule has 1 N–H and O–H groups in total. The van der Waals surface area contributed by atoms with Gasteiger partial charge in [-0.05, 0) is 79.7 Å². The van der Waals surface area contributed by atoms with Crippen molar-refractivity contribution < 1.29 is 34.1 Å². The molecule has 4 rings (SSSR count). The quantitative estimate of drug-likeness (QED) is 0.323. The minimum absolute atomic E-state index is 0.0177. The van der Waals surface area contributed by atoms with Crippen LogP contribution in [-0.4, -0.2) is 34.3 Å². The zero-order valence-corrected chi connectivity index (χ0v) is 18.8. The van der Waals surface area contributed by atoms with Crippen LogP contribution in [-0.2, 0) is 31.2 Å². The monoisotopic (exact) mass is 447 g/mol. The zero-order chi connectivity index (χ0) is 23.4. The van der Waals surface area contributed by atoms with E-state index in [0.717, 1.165) is 12.0 Å². The topological polar surface area (TPSA) is 125 Å². The predicted molar refractivity (Wildman–Crippen MR) is 111 cm³/mol. The van der Waals surface area contributed by atoms with Crippen LogP contribution in [0.3, 0.4) is 0 Å². The summed E-state index contributed by atoms with van der Waals surface area (Å²) >= 11 is 0. The van der Waals surface area contributed by atoms with E-state index >= 15 is 0 Å². The third kappa shape index (κ3) is 3.43. The Hall–Kier alpha value is -2.68. The molecule has 32 heavy (non-hydrogen) atoms. The molecule has 0 spiro atoms. The van der Waals surface area contributed by atoms with Gasteiger partial charge in [-0.2, -0.15) is 0 Å². The van der Waals surface area contributed by atoms with Crippen molar-refractivity contribution in [1.29, 1.82) is 0 Å². The highest BCUT2D eigenvalue weighted by Crippen LogP contribution is 2.64. The average molecular weight is 447 g/mol. The maximum absolute atomic E-state index is 12.2. The second kappa shape index (κ2) is 7.72. The molecule has 0 saturated heterocycles. The summed E-state index contributed by atoms with van der Waals surface area (Å²) < 4.78 is 10.9. The molecule has 9 nitrogen and oxygen atoms in total. The summed E-state index contributed by atoms with van der Waals surface area (Å²) in [5, 5.41) is 22.8. The summed E-state index contributed by atoms with van der Waals surface area (Å²) in [4.78, 5) is 39.7. The molecule has 1 aromatic carbocycles. The number of aryl methyl sites for hydroxylation is 2. The first kappa shape index (κ1) is 22.5. The molecular weight excluding hydrogens is 418 g/mol. The maximum atomic E-state index is 12.2. The number of esters is 2. The van der Waals surface area contributed by atoms with E-state index in [-0.39, 0.29) is 30.3 Å². The van der Waals surface area contributed by atoms with E-state index < -0.39 is 28.2 Å². The van der Waals surface area contributed by atoms with E-state index in [1.54, 1.807) is 19.1 Å². The second-order valence-corrected chi connectivity index (χ2v) is 9.65. The van der Waals surface area contributed by atoms with E-state index in [4.69, 9.17) is 14.3 Å². The molecule has 3 aliphatic carbocycles. The van der Waals surface area contributed by atoms with Crippen molar-refractivity contribution >= 4 is 11.9 Å². The van der Waals surface area contributed by atoms with Crippen LogP contribution < -0.4 is 4.74 Å². The smallest absolute Gasteiger partial charge is 0.308 e. The fourth-order valence-electron chi connectivity index (χ4n) is 6.79. The summed E-state index contributed by atoms with van der Waals surface area (Å²) in [5.41, 5.74) is 0.00630. The van der Waals surface area contributed by atoms with Gasteiger partial charge in [0, 0.05) is 19.3 Å². The molecule has 2 fully saturated rings. The Balaban J connectivity index is 1.82. The number of hydrogen-bond acceptors (Lipinski definition) is 8. The van der Waals surface area contributed by atoms with Gasteiger partial charge in [0.25, 0.3) is 5.09 Å². The van der Waals surface area contributed by atoms with Gasteiger partial charge >= 0.3 is 11.9 Å². The van der Waals surface area contributed by atoms with Crippen LogP contribution in [0.5, 0.6) is 5.75 Å². The Kier molecular flexibility index (Phi) is 5.43. The van der Waals surface area contributed by atoms with Gasteiger partial charge in [-0.3, -0.25) is 9.59 Å². The maximum Gasteiger partial charge on any atom is 0.308 e. The number of benzene rings is 1. The third-order valence-electron chi connectivity index (χ3n) is 7.79. The minimum atomic E-state index is -1.57. The molecule has 0 amide bonds. The van der Waals surface area contributed by atoms with E-state index in [2.05, 4.69) is 0 Å². The number of fused-ring (bicyclic) bond motifs is 5. The molecule has 0 aromatic heterocycles. The summed E-state index contributed by atoms with van der Waals surface area (Å²) in [6.07, 6.45) is 1.33. The number of nitrogens with zero attached hydrogens (tertiary/aromatic N) is 1. The fourth-order valence-corrected chi connectivity index (χ4v) is 6.79. The summed E-state index contributed by atoms with van der Waals surface area (Å²) in [7, 11) is 0. The third-order valence-corrected chi connectivity index (χ3v) is 7.79. The number of carbonyl (C=O) groups is 2. The van der Waals surface area contributed by atoms with Crippen molar-refractivity contribution in [2.24, 2.45) is 17.3 Å². The molecular formula is C23H29NO8. The first-order chi connectivity index (χ1) is 15.0. The van der Waals surface area contributed by atoms with Gasteiger partial charge in [-0.15, -0.1) is 10.1 Å². The second-order valence-electron chi connectivity index (χ2n) is 9.65. The molecule has 0 radical (unpaired) electrons. The predicted octanol–water partition coefficient (Wildman–Crippen LogP) is 3.00. The van der Waals surface area contributed by atoms with Crippen LogP contribution in [0.25, 0.3) is 0 Å². The van der Waals surface area contributed by atoms with Crippen LogP contribution in [0.1, 0.15) is 63.1 Å². The highest BCUT2D eigenvalue weighted by molar-refractivity contribution is 5.69. The lowest BCUT2D eigenvalue weighted by atomic mass is 9.51. The summed E-state index contributed by atoms with van der Waals surface area (Å²) in [5.74, 6) is -0.713. The molecule has 1 aromatic rings. The average Bonchev–Trinajstić information content (AvgIpc) is 2.96. The molecule has 174 valence electrons. The van der Waals surface area contributed by atoms with Crippen molar-refractivity contribution in [3.8, 4) is 5.75 Å². The Labute approximate surface area is 186 Å². The Morgan fingerprint density at radius 3 is 2.47 bits per heavy atom. The van der Waals surface area contributed by atoms with E-state index in [0.29, 0.717) is 36.1 Å². The molecule has 2 saturated carbocycles. The summed E-state index contributed by atoms with van der Waals surface area (Å²) in [6, 6.07) is 3.40. The van der Waals surface area contributed by atoms with Gasteiger partial charge in [-0.25, -0.2) is 0 Å². The molecule has 3 aliphatic rings. The molecule has 0 heterocycles. The van der Waals surface area contributed by atoms with Gasteiger partial charge in [-0.1, -0.05) is 6.92 Å². The van der Waals surface area contributed by atoms with Gasteiger partial charge in [0.1, 0.15) is 23.6 Å². The molecule has 2 unspecified atom stereocenters. The van der Waals surface area contributed by atoms with Gasteiger partial charge in [0.2, 0.25) is 0 Å². The molecule has 0 aliphatic heterocycles. The standard InChI is InChI=1S/C23H29NO8/c1-12-9-16(30-13(2)25)10-15-5-6-18-17-7-8-19(31-14(3)26)22(17,4)11-20(32-24(28)29)23(18,27)21(12)15/h9-10,17-20,27H,5-8,11H2,1-4H3/t17-,18-,19?,20?,22-,23-/m0/s1. The Bertz CT molecular complexity index is 977. The first-order valence-corrected chi connectivity index (χ1v) is 11.0. The van der Waals surface area contributed by atoms with Crippen molar-refractivity contribution in [2.75, 3.05) is 0 Å². The normalized spacial score (nSPS) is 35.2. The zero-order valence-electron chi connectivity index (χ0n) is 18.8. The molecule has 9 heteroatoms. The number of aliphatic hydroxyl groups is 1. The number of ether oxygens (including phenoxy) is 2. The van der Waals surface area contributed by atoms with Crippen LogP contribution in [0.15, 0.2) is 12.1 Å². The van der Waals surface area contributed by atoms with Gasteiger partial charge in [0.05, 0.1) is 0 Å². The highest BCUT2D eigenvalue weighted by atomic mass is 17.0.